The summed E-state index contributed by atoms with van der Waals surface area (Å²) in [4.78, 5) is 14.3. The maximum absolute atomic E-state index is 12.5. The summed E-state index contributed by atoms with van der Waals surface area (Å²) in [6.07, 6.45) is -0.303. The molecule has 2 rings (SSSR count). The van der Waals surface area contributed by atoms with Crippen molar-refractivity contribution in [3.8, 4) is 0 Å². The minimum absolute atomic E-state index is 0.0677. The van der Waals surface area contributed by atoms with Crippen LogP contribution in [0, 0.1) is 11.8 Å². The maximum Gasteiger partial charge on any atom is 0.410 e. The van der Waals surface area contributed by atoms with E-state index in [2.05, 4.69) is 33.9 Å². The van der Waals surface area contributed by atoms with Crippen LogP contribution in [0.25, 0.3) is 0 Å². The van der Waals surface area contributed by atoms with E-state index in [1.807, 2.05) is 20.8 Å². The molecule has 0 radical (unpaired) electrons. The highest BCUT2D eigenvalue weighted by molar-refractivity contribution is 6.74. The van der Waals surface area contributed by atoms with Gasteiger partial charge in [-0.3, -0.25) is 0 Å². The van der Waals surface area contributed by atoms with Crippen molar-refractivity contribution < 1.29 is 14.0 Å². The van der Waals surface area contributed by atoms with Gasteiger partial charge in [0.2, 0.25) is 0 Å². The molecule has 0 spiro atoms. The second kappa shape index (κ2) is 6.03. The van der Waals surface area contributed by atoms with Gasteiger partial charge in [-0.05, 0) is 38.9 Å². The highest BCUT2D eigenvalue weighted by atomic mass is 35.5. The van der Waals surface area contributed by atoms with Crippen molar-refractivity contribution in [1.82, 2.24) is 4.90 Å². The predicted octanol–water partition coefficient (Wildman–Crippen LogP) is 5.05. The van der Waals surface area contributed by atoms with E-state index in [9.17, 15) is 4.79 Å². The number of fused-ring (bicyclic) bond motifs is 1. The van der Waals surface area contributed by atoms with Gasteiger partial charge >= 0.3 is 6.09 Å². The van der Waals surface area contributed by atoms with Gasteiger partial charge in [-0.15, -0.1) is 23.2 Å². The van der Waals surface area contributed by atoms with Gasteiger partial charge in [-0.1, -0.05) is 20.8 Å². The molecule has 2 aliphatic rings. The molecule has 1 saturated carbocycles. The largest absolute Gasteiger partial charge is 0.444 e. The van der Waals surface area contributed by atoms with Gasteiger partial charge in [-0.2, -0.15) is 0 Å². The number of alkyl halides is 2. The van der Waals surface area contributed by atoms with Crippen LogP contribution in [0.1, 0.15) is 41.5 Å². The van der Waals surface area contributed by atoms with Gasteiger partial charge in [-0.25, -0.2) is 4.79 Å². The van der Waals surface area contributed by atoms with Crippen molar-refractivity contribution in [1.29, 1.82) is 0 Å². The second-order valence-corrected chi connectivity index (χ2v) is 15.8. The molecule has 4 nitrogen and oxygen atoms in total. The Hall–Kier alpha value is 0.0269. The van der Waals surface area contributed by atoms with Crippen molar-refractivity contribution >= 4 is 37.6 Å². The van der Waals surface area contributed by atoms with E-state index in [0.29, 0.717) is 13.2 Å². The Labute approximate surface area is 157 Å². The molecule has 0 aromatic rings. The number of carbonyl (C=O) groups is 1. The van der Waals surface area contributed by atoms with E-state index in [-0.39, 0.29) is 29.0 Å². The maximum atomic E-state index is 12.5. The minimum atomic E-state index is -1.91. The summed E-state index contributed by atoms with van der Waals surface area (Å²) in [5, 5.41) is 0.115. The van der Waals surface area contributed by atoms with Gasteiger partial charge in [0.15, 0.2) is 8.32 Å². The molecule has 1 aliphatic heterocycles. The first-order valence-electron chi connectivity index (χ1n) is 8.59. The summed E-state index contributed by atoms with van der Waals surface area (Å²) in [5.41, 5.74) is -0.520. The molecule has 1 aliphatic carbocycles. The summed E-state index contributed by atoms with van der Waals surface area (Å²) in [5.74, 6) is 0.180. The first-order valence-corrected chi connectivity index (χ1v) is 12.3. The van der Waals surface area contributed by atoms with Crippen LogP contribution in [0.2, 0.25) is 18.1 Å². The number of hydrogen-bond donors (Lipinski definition) is 0. The lowest BCUT2D eigenvalue weighted by atomic mass is 10.2. The Morgan fingerprint density at radius 2 is 1.75 bits per heavy atom. The number of ether oxygens (including phenoxy) is 1. The van der Waals surface area contributed by atoms with Gasteiger partial charge in [0.05, 0.1) is 12.6 Å². The average molecular weight is 396 g/mol. The molecule has 7 heteroatoms. The van der Waals surface area contributed by atoms with Crippen LogP contribution in [-0.2, 0) is 9.16 Å². The fourth-order valence-corrected chi connectivity index (χ4v) is 4.85. The standard InChI is InChI=1S/C17H31Cl2NO3Si/c1-15(2,3)23-14(21)20-9-11-13(17(11,18)19)12(20)10-22-24(7,8)16(4,5)6/h11-13H,9-10H2,1-8H3/t11?,12-,13?/m0/s1. The summed E-state index contributed by atoms with van der Waals surface area (Å²) in [6.45, 7) is 17.6. The molecule has 1 amide bonds. The Kier molecular flexibility index (Phi) is 5.11. The fraction of sp³-hybridized carbons (Fsp3) is 0.941. The predicted molar refractivity (Wildman–Crippen MR) is 101 cm³/mol. The molecular weight excluding hydrogens is 365 g/mol. The Bertz CT molecular complexity index is 511. The van der Waals surface area contributed by atoms with E-state index in [4.69, 9.17) is 32.4 Å². The molecule has 1 heterocycles. The summed E-state index contributed by atoms with van der Waals surface area (Å²) < 4.78 is 11.2. The lowest BCUT2D eigenvalue weighted by molar-refractivity contribution is 0.0138. The number of rotatable bonds is 3. The van der Waals surface area contributed by atoms with Crippen LogP contribution in [-0.4, -0.2) is 48.4 Å². The zero-order valence-electron chi connectivity index (χ0n) is 16.1. The molecule has 24 heavy (non-hydrogen) atoms. The molecule has 3 atom stereocenters. The number of carbonyl (C=O) groups excluding carboxylic acids is 1. The average Bonchev–Trinajstić information content (AvgIpc) is 2.73. The van der Waals surface area contributed by atoms with Crippen LogP contribution in [0.5, 0.6) is 0 Å². The zero-order chi connectivity index (χ0) is 18.7. The SMILES string of the molecule is CC(C)(C)OC(=O)N1CC2C([C@@H]1CO[Si](C)(C)C(C)(C)C)C2(Cl)Cl. The van der Waals surface area contributed by atoms with Gasteiger partial charge in [0, 0.05) is 18.4 Å². The van der Waals surface area contributed by atoms with Crippen LogP contribution in [0.4, 0.5) is 4.79 Å². The molecule has 2 fully saturated rings. The van der Waals surface area contributed by atoms with Crippen molar-refractivity contribution in [2.45, 2.75) is 75.7 Å². The van der Waals surface area contributed by atoms with Crippen LogP contribution in [0.15, 0.2) is 0 Å². The van der Waals surface area contributed by atoms with E-state index in [1.54, 1.807) is 4.90 Å². The molecule has 140 valence electrons. The first kappa shape index (κ1) is 20.3. The number of amides is 1. The normalized spacial score (nSPS) is 29.4. The monoisotopic (exact) mass is 395 g/mol. The minimum Gasteiger partial charge on any atom is -0.444 e. The Balaban J connectivity index is 2.09. The summed E-state index contributed by atoms with van der Waals surface area (Å²) >= 11 is 12.8. The van der Waals surface area contributed by atoms with E-state index >= 15 is 0 Å². The quantitative estimate of drug-likeness (QED) is 0.495. The van der Waals surface area contributed by atoms with Crippen molar-refractivity contribution in [2.24, 2.45) is 11.8 Å². The lowest BCUT2D eigenvalue weighted by Crippen LogP contribution is -2.49. The molecule has 0 aromatic heterocycles. The summed E-state index contributed by atoms with van der Waals surface area (Å²) in [6, 6.07) is -0.117. The molecule has 2 unspecified atom stereocenters. The third-order valence-electron chi connectivity index (χ3n) is 5.52. The number of halogens is 2. The topological polar surface area (TPSA) is 38.8 Å². The zero-order valence-corrected chi connectivity index (χ0v) is 18.6. The van der Waals surface area contributed by atoms with Gasteiger partial charge in [0.25, 0.3) is 0 Å². The third-order valence-corrected chi connectivity index (χ3v) is 11.1. The highest BCUT2D eigenvalue weighted by Crippen LogP contribution is 2.65. The third kappa shape index (κ3) is 3.89. The first-order chi connectivity index (χ1) is 10.6. The van der Waals surface area contributed by atoms with Crippen LogP contribution >= 0.6 is 23.2 Å². The van der Waals surface area contributed by atoms with E-state index < -0.39 is 18.3 Å². The van der Waals surface area contributed by atoms with Crippen molar-refractivity contribution in [2.75, 3.05) is 13.2 Å². The molecule has 0 aromatic carbocycles. The number of likely N-dealkylation sites (tertiary alicyclic amines) is 1. The smallest absolute Gasteiger partial charge is 0.410 e. The number of hydrogen-bond acceptors (Lipinski definition) is 3. The fourth-order valence-electron chi connectivity index (χ4n) is 2.95. The lowest BCUT2D eigenvalue weighted by Gasteiger charge is -2.39. The van der Waals surface area contributed by atoms with E-state index in [0.717, 1.165) is 0 Å². The van der Waals surface area contributed by atoms with Crippen molar-refractivity contribution in [3.63, 3.8) is 0 Å². The molecule has 1 saturated heterocycles. The van der Waals surface area contributed by atoms with Gasteiger partial charge in [0.1, 0.15) is 9.93 Å². The Morgan fingerprint density at radius 3 is 2.21 bits per heavy atom. The molecule has 0 N–H and O–H groups in total. The number of piperidine rings is 1. The van der Waals surface area contributed by atoms with E-state index in [1.165, 1.54) is 0 Å². The van der Waals surface area contributed by atoms with Crippen LogP contribution in [0.3, 0.4) is 0 Å². The molecule has 0 bridgehead atoms. The van der Waals surface area contributed by atoms with Crippen molar-refractivity contribution in [3.05, 3.63) is 0 Å². The Morgan fingerprint density at radius 1 is 1.21 bits per heavy atom. The highest BCUT2D eigenvalue weighted by Gasteiger charge is 2.72. The van der Waals surface area contributed by atoms with Gasteiger partial charge < -0.3 is 14.1 Å². The second-order valence-electron chi connectivity index (χ2n) is 9.58. The van der Waals surface area contributed by atoms with Crippen LogP contribution < -0.4 is 0 Å². The molecular formula is C17H31Cl2NO3Si. The summed E-state index contributed by atoms with van der Waals surface area (Å²) in [7, 11) is -1.91. The number of nitrogens with zero attached hydrogens (tertiary/aromatic N) is 1.